The molecule has 20 heavy (non-hydrogen) atoms. The van der Waals surface area contributed by atoms with Crippen LogP contribution >= 0.6 is 0 Å². The van der Waals surface area contributed by atoms with E-state index < -0.39 is 0 Å². The van der Waals surface area contributed by atoms with Crippen molar-refractivity contribution >= 4 is 0 Å². The van der Waals surface area contributed by atoms with Crippen LogP contribution in [-0.4, -0.2) is 21.3 Å². The van der Waals surface area contributed by atoms with Crippen LogP contribution < -0.4 is 0 Å². The van der Waals surface area contributed by atoms with E-state index in [1.807, 2.05) is 17.7 Å². The SMILES string of the molecule is CCc1nccn1Cc1ccc(F)cc1C#CCCO. The van der Waals surface area contributed by atoms with E-state index in [4.69, 9.17) is 5.11 Å². The fourth-order valence-electron chi connectivity index (χ4n) is 2.00. The monoisotopic (exact) mass is 272 g/mol. The normalized spacial score (nSPS) is 10.2. The summed E-state index contributed by atoms with van der Waals surface area (Å²) in [6, 6.07) is 4.62. The van der Waals surface area contributed by atoms with Crippen molar-refractivity contribution in [2.45, 2.75) is 26.3 Å². The lowest BCUT2D eigenvalue weighted by atomic mass is 10.1. The Morgan fingerprint density at radius 1 is 1.40 bits per heavy atom. The van der Waals surface area contributed by atoms with Gasteiger partial charge < -0.3 is 9.67 Å². The molecule has 0 spiro atoms. The Balaban J connectivity index is 2.30. The zero-order valence-corrected chi connectivity index (χ0v) is 11.4. The highest BCUT2D eigenvalue weighted by Gasteiger charge is 2.06. The third-order valence-corrected chi connectivity index (χ3v) is 2.99. The smallest absolute Gasteiger partial charge is 0.124 e. The summed E-state index contributed by atoms with van der Waals surface area (Å²) in [5, 5.41) is 8.75. The van der Waals surface area contributed by atoms with Crippen molar-refractivity contribution in [3.8, 4) is 11.8 Å². The molecule has 1 aromatic heterocycles. The molecule has 0 aliphatic rings. The number of rotatable bonds is 4. The molecule has 1 N–H and O–H groups in total. The van der Waals surface area contributed by atoms with Gasteiger partial charge in [-0.25, -0.2) is 9.37 Å². The number of hydrogen-bond donors (Lipinski definition) is 1. The number of hydrogen-bond acceptors (Lipinski definition) is 2. The second-order valence-electron chi connectivity index (χ2n) is 4.40. The van der Waals surface area contributed by atoms with Gasteiger partial charge in [-0.05, 0) is 17.7 Å². The van der Waals surface area contributed by atoms with E-state index in [2.05, 4.69) is 16.8 Å². The summed E-state index contributed by atoms with van der Waals surface area (Å²) < 4.78 is 15.4. The standard InChI is InChI=1S/C16H17FN2O/c1-2-16-18-8-9-19(16)12-14-6-7-15(17)11-13(14)5-3-4-10-20/h6-9,11,20H,2,4,10,12H2,1H3. The van der Waals surface area contributed by atoms with Crippen LogP contribution in [0, 0.1) is 17.7 Å². The number of nitrogens with zero attached hydrogens (tertiary/aromatic N) is 2. The average Bonchev–Trinajstić information content (AvgIpc) is 2.89. The molecule has 0 aliphatic heterocycles. The molecule has 0 amide bonds. The van der Waals surface area contributed by atoms with Gasteiger partial charge in [0.1, 0.15) is 11.6 Å². The number of benzene rings is 1. The zero-order chi connectivity index (χ0) is 14.4. The van der Waals surface area contributed by atoms with E-state index in [0.717, 1.165) is 17.8 Å². The van der Waals surface area contributed by atoms with Crippen LogP contribution in [0.4, 0.5) is 4.39 Å². The van der Waals surface area contributed by atoms with Crippen LogP contribution in [-0.2, 0) is 13.0 Å². The largest absolute Gasteiger partial charge is 0.395 e. The molecular weight excluding hydrogens is 255 g/mol. The van der Waals surface area contributed by atoms with Crippen LogP contribution in [0.25, 0.3) is 0 Å². The maximum absolute atomic E-state index is 13.3. The highest BCUT2D eigenvalue weighted by Crippen LogP contribution is 2.13. The summed E-state index contributed by atoms with van der Waals surface area (Å²) in [4.78, 5) is 4.27. The van der Waals surface area contributed by atoms with Gasteiger partial charge in [-0.2, -0.15) is 0 Å². The van der Waals surface area contributed by atoms with Crippen LogP contribution in [0.1, 0.15) is 30.3 Å². The van der Waals surface area contributed by atoms with Crippen molar-refractivity contribution in [1.29, 1.82) is 0 Å². The molecule has 3 nitrogen and oxygen atoms in total. The first-order valence-electron chi connectivity index (χ1n) is 6.62. The van der Waals surface area contributed by atoms with E-state index >= 15 is 0 Å². The Bertz CT molecular complexity index is 637. The van der Waals surface area contributed by atoms with Crippen molar-refractivity contribution in [3.05, 3.63) is 53.4 Å². The molecule has 0 atom stereocenters. The molecule has 0 radical (unpaired) electrons. The highest BCUT2D eigenvalue weighted by atomic mass is 19.1. The zero-order valence-electron chi connectivity index (χ0n) is 11.4. The van der Waals surface area contributed by atoms with Crippen LogP contribution in [0.5, 0.6) is 0 Å². The van der Waals surface area contributed by atoms with E-state index in [-0.39, 0.29) is 12.4 Å². The van der Waals surface area contributed by atoms with Gasteiger partial charge in [0.2, 0.25) is 0 Å². The molecule has 1 heterocycles. The molecule has 0 unspecified atom stereocenters. The lowest BCUT2D eigenvalue weighted by Crippen LogP contribution is -2.05. The summed E-state index contributed by atoms with van der Waals surface area (Å²) in [7, 11) is 0. The highest BCUT2D eigenvalue weighted by molar-refractivity contribution is 5.42. The first-order valence-corrected chi connectivity index (χ1v) is 6.62. The molecule has 104 valence electrons. The minimum absolute atomic E-state index is 0.0130. The number of aliphatic hydroxyl groups is 1. The first-order chi connectivity index (χ1) is 9.74. The molecule has 2 rings (SSSR count). The summed E-state index contributed by atoms with van der Waals surface area (Å²) in [6.07, 6.45) is 4.91. The predicted molar refractivity (Wildman–Crippen MR) is 75.7 cm³/mol. The van der Waals surface area contributed by atoms with E-state index in [9.17, 15) is 4.39 Å². The van der Waals surface area contributed by atoms with E-state index in [1.165, 1.54) is 12.1 Å². The summed E-state index contributed by atoms with van der Waals surface area (Å²) in [6.45, 7) is 2.68. The molecule has 0 saturated heterocycles. The number of imidazole rings is 1. The summed E-state index contributed by atoms with van der Waals surface area (Å²) in [5.41, 5.74) is 1.61. The van der Waals surface area contributed by atoms with Gasteiger partial charge >= 0.3 is 0 Å². The minimum atomic E-state index is -0.302. The van der Waals surface area contributed by atoms with Gasteiger partial charge in [-0.15, -0.1) is 0 Å². The van der Waals surface area contributed by atoms with Crippen molar-refractivity contribution in [2.75, 3.05) is 6.61 Å². The topological polar surface area (TPSA) is 38.0 Å². The van der Waals surface area contributed by atoms with Crippen molar-refractivity contribution in [1.82, 2.24) is 9.55 Å². The second kappa shape index (κ2) is 6.88. The fraction of sp³-hybridized carbons (Fsp3) is 0.312. The molecular formula is C16H17FN2O. The third-order valence-electron chi connectivity index (χ3n) is 2.99. The quantitative estimate of drug-likeness (QED) is 0.868. The second-order valence-corrected chi connectivity index (χ2v) is 4.40. The van der Waals surface area contributed by atoms with Gasteiger partial charge in [0.15, 0.2) is 0 Å². The maximum Gasteiger partial charge on any atom is 0.124 e. The molecule has 0 aliphatic carbocycles. The van der Waals surface area contributed by atoms with Crippen molar-refractivity contribution in [2.24, 2.45) is 0 Å². The molecule has 2 aromatic rings. The molecule has 0 bridgehead atoms. The first kappa shape index (κ1) is 14.3. The Kier molecular flexibility index (Phi) is 4.91. The van der Waals surface area contributed by atoms with Crippen molar-refractivity contribution in [3.63, 3.8) is 0 Å². The summed E-state index contributed by atoms with van der Waals surface area (Å²) in [5.74, 6) is 6.44. The van der Waals surface area contributed by atoms with Gasteiger partial charge in [0.05, 0.1) is 6.61 Å². The Morgan fingerprint density at radius 3 is 3.00 bits per heavy atom. The van der Waals surface area contributed by atoms with Gasteiger partial charge in [-0.3, -0.25) is 0 Å². The summed E-state index contributed by atoms with van der Waals surface area (Å²) >= 11 is 0. The van der Waals surface area contributed by atoms with Crippen LogP contribution in [0.3, 0.4) is 0 Å². The fourth-order valence-corrected chi connectivity index (χ4v) is 2.00. The molecule has 0 saturated carbocycles. The van der Waals surface area contributed by atoms with Gasteiger partial charge in [0.25, 0.3) is 0 Å². The molecule has 4 heteroatoms. The van der Waals surface area contributed by atoms with Crippen LogP contribution in [0.15, 0.2) is 30.6 Å². The van der Waals surface area contributed by atoms with Gasteiger partial charge in [0, 0.05) is 37.3 Å². The number of aromatic nitrogens is 2. The predicted octanol–water partition coefficient (Wildman–Crippen LogP) is 2.37. The van der Waals surface area contributed by atoms with Crippen molar-refractivity contribution < 1.29 is 9.50 Å². The molecule has 1 aromatic carbocycles. The van der Waals surface area contributed by atoms with Gasteiger partial charge in [-0.1, -0.05) is 24.8 Å². The Morgan fingerprint density at radius 2 is 2.25 bits per heavy atom. The lowest BCUT2D eigenvalue weighted by Gasteiger charge is -2.09. The Hall–Kier alpha value is -2.12. The number of aliphatic hydroxyl groups excluding tert-OH is 1. The van der Waals surface area contributed by atoms with Crippen LogP contribution in [0.2, 0.25) is 0 Å². The maximum atomic E-state index is 13.3. The third kappa shape index (κ3) is 3.46. The number of halogens is 1. The number of aryl methyl sites for hydroxylation is 1. The van der Waals surface area contributed by atoms with E-state index in [1.54, 1.807) is 12.3 Å². The minimum Gasteiger partial charge on any atom is -0.395 e. The van der Waals surface area contributed by atoms with E-state index in [0.29, 0.717) is 18.5 Å². The lowest BCUT2D eigenvalue weighted by molar-refractivity contribution is 0.305. The Labute approximate surface area is 118 Å². The average molecular weight is 272 g/mol. The molecule has 0 fully saturated rings.